The Hall–Kier alpha value is -4.30. The van der Waals surface area contributed by atoms with Crippen LogP contribution >= 0.6 is 0 Å². The first-order chi connectivity index (χ1) is 14.7. The smallest absolute Gasteiger partial charge is 0.266 e. The molecule has 0 fully saturated rings. The van der Waals surface area contributed by atoms with Gasteiger partial charge in [0.15, 0.2) is 0 Å². The molecule has 1 amide bonds. The summed E-state index contributed by atoms with van der Waals surface area (Å²) in [5, 5.41) is 14.6. The van der Waals surface area contributed by atoms with Crippen LogP contribution in [0.2, 0.25) is 0 Å². The van der Waals surface area contributed by atoms with Crippen molar-refractivity contribution in [3.8, 4) is 17.5 Å². The van der Waals surface area contributed by atoms with E-state index in [1.807, 2.05) is 47.2 Å². The summed E-state index contributed by atoms with van der Waals surface area (Å²) in [7, 11) is 1.58. The van der Waals surface area contributed by atoms with Gasteiger partial charge < -0.3 is 14.6 Å². The molecular formula is C25H19N3O2. The third-order valence-electron chi connectivity index (χ3n) is 4.80. The Morgan fingerprint density at radius 1 is 1.00 bits per heavy atom. The maximum atomic E-state index is 12.6. The lowest BCUT2D eigenvalue weighted by atomic mass is 10.1. The maximum Gasteiger partial charge on any atom is 0.266 e. The normalized spacial score (nSPS) is 11.1. The van der Waals surface area contributed by atoms with Crippen LogP contribution in [0.4, 0.5) is 5.69 Å². The second-order valence-corrected chi connectivity index (χ2v) is 6.69. The van der Waals surface area contributed by atoms with E-state index in [2.05, 4.69) is 29.6 Å². The van der Waals surface area contributed by atoms with Gasteiger partial charge in [-0.3, -0.25) is 4.79 Å². The number of ether oxygens (including phenoxy) is 1. The minimum atomic E-state index is -0.464. The van der Waals surface area contributed by atoms with Crippen molar-refractivity contribution in [3.63, 3.8) is 0 Å². The number of rotatable bonds is 5. The maximum absolute atomic E-state index is 12.6. The third kappa shape index (κ3) is 3.94. The summed E-state index contributed by atoms with van der Waals surface area (Å²) in [6.07, 6.45) is 3.50. The van der Waals surface area contributed by atoms with Crippen LogP contribution in [0, 0.1) is 11.3 Å². The lowest BCUT2D eigenvalue weighted by Crippen LogP contribution is -2.13. The molecule has 0 aliphatic carbocycles. The summed E-state index contributed by atoms with van der Waals surface area (Å²) < 4.78 is 7.06. The van der Waals surface area contributed by atoms with Crippen molar-refractivity contribution in [1.29, 1.82) is 5.26 Å². The first-order valence-electron chi connectivity index (χ1n) is 9.41. The fraction of sp³-hybridized carbons (Fsp3) is 0.0400. The van der Waals surface area contributed by atoms with Crippen molar-refractivity contribution in [2.75, 3.05) is 12.4 Å². The second-order valence-electron chi connectivity index (χ2n) is 6.69. The predicted molar refractivity (Wildman–Crippen MR) is 118 cm³/mol. The van der Waals surface area contributed by atoms with Crippen molar-refractivity contribution < 1.29 is 9.53 Å². The molecule has 0 aliphatic rings. The van der Waals surface area contributed by atoms with Crippen LogP contribution in [-0.2, 0) is 4.79 Å². The number of benzene rings is 3. The Kier molecular flexibility index (Phi) is 5.31. The van der Waals surface area contributed by atoms with Crippen LogP contribution in [0.5, 0.6) is 5.75 Å². The fourth-order valence-corrected chi connectivity index (χ4v) is 3.24. The Morgan fingerprint density at radius 2 is 1.77 bits per heavy atom. The molecule has 5 heteroatoms. The van der Waals surface area contributed by atoms with Crippen molar-refractivity contribution in [2.24, 2.45) is 0 Å². The average molecular weight is 393 g/mol. The molecule has 0 spiro atoms. The zero-order chi connectivity index (χ0) is 20.9. The van der Waals surface area contributed by atoms with E-state index in [9.17, 15) is 10.1 Å². The number of carbonyl (C=O) groups is 1. The van der Waals surface area contributed by atoms with E-state index in [4.69, 9.17) is 4.74 Å². The average Bonchev–Trinajstić information content (AvgIpc) is 3.25. The molecule has 0 saturated carbocycles. The van der Waals surface area contributed by atoms with Gasteiger partial charge in [-0.15, -0.1) is 0 Å². The largest absolute Gasteiger partial charge is 0.497 e. The molecule has 0 saturated heterocycles. The highest BCUT2D eigenvalue weighted by atomic mass is 16.5. The van der Waals surface area contributed by atoms with Gasteiger partial charge in [0, 0.05) is 23.3 Å². The molecule has 0 atom stereocenters. The van der Waals surface area contributed by atoms with E-state index in [-0.39, 0.29) is 5.57 Å². The Morgan fingerprint density at radius 3 is 2.50 bits per heavy atom. The summed E-state index contributed by atoms with van der Waals surface area (Å²) in [4.78, 5) is 12.6. The summed E-state index contributed by atoms with van der Waals surface area (Å²) in [6.45, 7) is 0. The van der Waals surface area contributed by atoms with E-state index in [0.29, 0.717) is 11.4 Å². The van der Waals surface area contributed by atoms with Gasteiger partial charge >= 0.3 is 0 Å². The van der Waals surface area contributed by atoms with Crippen LogP contribution in [0.3, 0.4) is 0 Å². The number of methoxy groups -OCH3 is 1. The first kappa shape index (κ1) is 19.0. The molecule has 1 N–H and O–H groups in total. The van der Waals surface area contributed by atoms with E-state index in [0.717, 1.165) is 22.2 Å². The lowest BCUT2D eigenvalue weighted by molar-refractivity contribution is -0.112. The SMILES string of the molecule is COc1ccc(NC(=O)/C(C#N)=C\c2cccn2-c2ccc3ccccc3c2)cc1. The van der Waals surface area contributed by atoms with Crippen molar-refractivity contribution in [2.45, 2.75) is 0 Å². The Bertz CT molecular complexity index is 1280. The number of nitriles is 1. The van der Waals surface area contributed by atoms with Crippen LogP contribution in [-0.4, -0.2) is 17.6 Å². The van der Waals surface area contributed by atoms with Gasteiger partial charge in [-0.25, -0.2) is 0 Å². The van der Waals surface area contributed by atoms with Gasteiger partial charge in [-0.1, -0.05) is 30.3 Å². The summed E-state index contributed by atoms with van der Waals surface area (Å²) in [5.41, 5.74) is 2.31. The number of anilines is 1. The van der Waals surface area contributed by atoms with E-state index in [1.54, 1.807) is 37.5 Å². The van der Waals surface area contributed by atoms with Crippen LogP contribution in [0.25, 0.3) is 22.5 Å². The molecule has 4 rings (SSSR count). The number of hydrogen-bond acceptors (Lipinski definition) is 3. The molecule has 146 valence electrons. The zero-order valence-electron chi connectivity index (χ0n) is 16.4. The number of amides is 1. The lowest BCUT2D eigenvalue weighted by Gasteiger charge is -2.09. The number of nitrogens with one attached hydrogen (secondary N) is 1. The minimum Gasteiger partial charge on any atom is -0.497 e. The number of carbonyl (C=O) groups excluding carboxylic acids is 1. The van der Waals surface area contributed by atoms with Gasteiger partial charge in [0.2, 0.25) is 0 Å². The molecule has 3 aromatic carbocycles. The topological polar surface area (TPSA) is 67.0 Å². The number of hydrogen-bond donors (Lipinski definition) is 1. The van der Waals surface area contributed by atoms with Gasteiger partial charge in [0.25, 0.3) is 5.91 Å². The van der Waals surface area contributed by atoms with Crippen molar-refractivity contribution in [1.82, 2.24) is 4.57 Å². The molecule has 30 heavy (non-hydrogen) atoms. The molecule has 4 aromatic rings. The van der Waals surface area contributed by atoms with Crippen LogP contribution in [0.15, 0.2) is 90.6 Å². The Balaban J connectivity index is 1.62. The van der Waals surface area contributed by atoms with Gasteiger partial charge in [-0.2, -0.15) is 5.26 Å². The van der Waals surface area contributed by atoms with E-state index < -0.39 is 5.91 Å². The molecule has 0 radical (unpaired) electrons. The fourth-order valence-electron chi connectivity index (χ4n) is 3.24. The standard InChI is InChI=1S/C25H19N3O2/c1-30-24-12-9-21(10-13-24)27-25(29)20(17-26)16-22-7-4-14-28(22)23-11-8-18-5-2-3-6-19(18)15-23/h2-16H,1H3,(H,27,29)/b20-16-. The summed E-state index contributed by atoms with van der Waals surface area (Å²) >= 11 is 0. The molecule has 1 heterocycles. The quantitative estimate of drug-likeness (QED) is 0.375. The number of aromatic nitrogens is 1. The molecule has 1 aromatic heterocycles. The highest BCUT2D eigenvalue weighted by molar-refractivity contribution is 6.09. The van der Waals surface area contributed by atoms with Gasteiger partial charge in [-0.05, 0) is 65.4 Å². The van der Waals surface area contributed by atoms with Crippen LogP contribution < -0.4 is 10.1 Å². The predicted octanol–water partition coefficient (Wildman–Crippen LogP) is 5.18. The van der Waals surface area contributed by atoms with E-state index >= 15 is 0 Å². The third-order valence-corrected chi connectivity index (χ3v) is 4.80. The van der Waals surface area contributed by atoms with Crippen molar-refractivity contribution in [3.05, 3.63) is 96.3 Å². The second kappa shape index (κ2) is 8.38. The van der Waals surface area contributed by atoms with Gasteiger partial charge in [0.1, 0.15) is 17.4 Å². The molecule has 0 aliphatic heterocycles. The number of nitrogens with zero attached hydrogens (tertiary/aromatic N) is 2. The zero-order valence-corrected chi connectivity index (χ0v) is 16.4. The highest BCUT2D eigenvalue weighted by Gasteiger charge is 2.12. The number of fused-ring (bicyclic) bond motifs is 1. The molecule has 5 nitrogen and oxygen atoms in total. The van der Waals surface area contributed by atoms with Gasteiger partial charge in [0.05, 0.1) is 7.11 Å². The summed E-state index contributed by atoms with van der Waals surface area (Å²) in [6, 6.07) is 27.0. The first-order valence-corrected chi connectivity index (χ1v) is 9.41. The molecular weight excluding hydrogens is 374 g/mol. The van der Waals surface area contributed by atoms with Crippen LogP contribution in [0.1, 0.15) is 5.69 Å². The van der Waals surface area contributed by atoms with E-state index in [1.165, 1.54) is 0 Å². The van der Waals surface area contributed by atoms with Crippen molar-refractivity contribution >= 4 is 28.4 Å². The highest BCUT2D eigenvalue weighted by Crippen LogP contribution is 2.22. The molecule has 0 unspecified atom stereocenters. The molecule has 0 bridgehead atoms. The summed E-state index contributed by atoms with van der Waals surface area (Å²) in [5.74, 6) is 0.228. The minimum absolute atomic E-state index is 0.0200. The monoisotopic (exact) mass is 393 g/mol. The Labute approximate surface area is 174 Å².